The Hall–Kier alpha value is -1.77. The normalized spacial score (nSPS) is 9.57. The van der Waals surface area contributed by atoms with Crippen molar-refractivity contribution in [2.75, 3.05) is 7.11 Å². The van der Waals surface area contributed by atoms with Gasteiger partial charge in [-0.15, -0.1) is 0 Å². The maximum absolute atomic E-state index is 10.9. The smallest absolute Gasteiger partial charge is 0.339 e. The lowest BCUT2D eigenvalue weighted by Gasteiger charge is -2.08. The van der Waals surface area contributed by atoms with Crippen LogP contribution in [0, 0.1) is 6.92 Å². The molecule has 0 aliphatic heterocycles. The summed E-state index contributed by atoms with van der Waals surface area (Å²) >= 11 is 0. The van der Waals surface area contributed by atoms with Crippen molar-refractivity contribution in [1.29, 1.82) is 0 Å². The molecule has 0 saturated heterocycles. The topological polar surface area (TPSA) is 46.5 Å². The number of aryl methyl sites for hydroxylation is 1. The Labute approximate surface area is 82.6 Å². The van der Waals surface area contributed by atoms with Crippen molar-refractivity contribution in [2.45, 2.75) is 6.92 Å². The van der Waals surface area contributed by atoms with Crippen molar-refractivity contribution in [2.24, 2.45) is 0 Å². The zero-order valence-electron chi connectivity index (χ0n) is 8.20. The van der Waals surface area contributed by atoms with Gasteiger partial charge in [0.25, 0.3) is 0 Å². The molecule has 0 aromatic heterocycles. The van der Waals surface area contributed by atoms with E-state index in [-0.39, 0.29) is 5.56 Å². The molecule has 0 heterocycles. The molecule has 0 fully saturated rings. The summed E-state index contributed by atoms with van der Waals surface area (Å²) < 4.78 is 5.00. The number of ether oxygens (including phenoxy) is 1. The highest BCUT2D eigenvalue weighted by atomic mass is 16.5. The third-order valence-corrected chi connectivity index (χ3v) is 1.99. The summed E-state index contributed by atoms with van der Waals surface area (Å²) in [5, 5.41) is 8.94. The van der Waals surface area contributed by atoms with Crippen molar-refractivity contribution in [1.82, 2.24) is 0 Å². The first-order valence-electron chi connectivity index (χ1n) is 4.14. The molecule has 74 valence electrons. The van der Waals surface area contributed by atoms with Gasteiger partial charge in [0.05, 0.1) is 7.11 Å². The van der Waals surface area contributed by atoms with Gasteiger partial charge in [0, 0.05) is 0 Å². The number of carboxylic acids is 1. The number of carbonyl (C=O) groups is 1. The van der Waals surface area contributed by atoms with Crippen LogP contribution in [0.4, 0.5) is 0 Å². The lowest BCUT2D eigenvalue weighted by Crippen LogP contribution is -2.03. The van der Waals surface area contributed by atoms with Gasteiger partial charge in [-0.25, -0.2) is 4.79 Å². The average Bonchev–Trinajstić information content (AvgIpc) is 2.15. The molecule has 0 amide bonds. The van der Waals surface area contributed by atoms with Crippen molar-refractivity contribution in [3.8, 4) is 5.75 Å². The Morgan fingerprint density at radius 1 is 1.57 bits per heavy atom. The molecule has 3 nitrogen and oxygen atoms in total. The van der Waals surface area contributed by atoms with Gasteiger partial charge in [0.15, 0.2) is 0 Å². The van der Waals surface area contributed by atoms with Gasteiger partial charge in [0.2, 0.25) is 0 Å². The number of hydrogen-bond donors (Lipinski definition) is 1. The average molecular weight is 192 g/mol. The maximum Gasteiger partial charge on any atom is 0.339 e. The lowest BCUT2D eigenvalue weighted by atomic mass is 10.0. The second kappa shape index (κ2) is 3.96. The van der Waals surface area contributed by atoms with E-state index >= 15 is 0 Å². The van der Waals surface area contributed by atoms with E-state index in [0.717, 1.165) is 5.56 Å². The van der Waals surface area contributed by atoms with Gasteiger partial charge in [-0.05, 0) is 24.1 Å². The molecule has 1 aromatic rings. The lowest BCUT2D eigenvalue weighted by molar-refractivity contribution is 0.0692. The number of hydrogen-bond acceptors (Lipinski definition) is 2. The van der Waals surface area contributed by atoms with Crippen LogP contribution in [0.15, 0.2) is 18.7 Å². The maximum atomic E-state index is 10.9. The summed E-state index contributed by atoms with van der Waals surface area (Å²) in [6.45, 7) is 5.35. The highest BCUT2D eigenvalue weighted by molar-refractivity contribution is 5.93. The predicted molar refractivity (Wildman–Crippen MR) is 54.8 cm³/mol. The summed E-state index contributed by atoms with van der Waals surface area (Å²) in [4.78, 5) is 10.9. The van der Waals surface area contributed by atoms with Crippen LogP contribution in [0.5, 0.6) is 5.75 Å². The van der Waals surface area contributed by atoms with Crippen LogP contribution in [0.2, 0.25) is 0 Å². The van der Waals surface area contributed by atoms with Gasteiger partial charge in [-0.2, -0.15) is 0 Å². The molecule has 0 spiro atoms. The molecule has 0 aliphatic rings. The molecule has 1 aromatic carbocycles. The van der Waals surface area contributed by atoms with Crippen molar-refractivity contribution in [3.05, 3.63) is 35.4 Å². The van der Waals surface area contributed by atoms with Crippen LogP contribution in [0.1, 0.15) is 21.5 Å². The number of carboxylic acid groups (broad SMARTS) is 1. The van der Waals surface area contributed by atoms with E-state index in [4.69, 9.17) is 9.84 Å². The summed E-state index contributed by atoms with van der Waals surface area (Å²) in [5.41, 5.74) is 1.73. The van der Waals surface area contributed by atoms with Crippen molar-refractivity contribution in [3.63, 3.8) is 0 Å². The van der Waals surface area contributed by atoms with Gasteiger partial charge in [0.1, 0.15) is 11.3 Å². The molecule has 0 radical (unpaired) electrons. The standard InChI is InChI=1S/C11H12O3/c1-4-8-5-7(2)10(11(12)13)9(6-8)14-3/h4-6H,1H2,2-3H3,(H,12,13). The fourth-order valence-electron chi connectivity index (χ4n) is 1.33. The number of rotatable bonds is 3. The zero-order chi connectivity index (χ0) is 10.7. The summed E-state index contributed by atoms with van der Waals surface area (Å²) in [6, 6.07) is 3.42. The van der Waals surface area contributed by atoms with Crippen LogP contribution in [0.25, 0.3) is 6.08 Å². The Morgan fingerprint density at radius 2 is 2.21 bits per heavy atom. The van der Waals surface area contributed by atoms with Crippen LogP contribution >= 0.6 is 0 Å². The summed E-state index contributed by atoms with van der Waals surface area (Å²) in [5.74, 6) is -0.609. The van der Waals surface area contributed by atoms with Crippen LogP contribution < -0.4 is 4.74 Å². The largest absolute Gasteiger partial charge is 0.496 e. The van der Waals surface area contributed by atoms with Gasteiger partial charge in [-0.3, -0.25) is 0 Å². The molecular weight excluding hydrogens is 180 g/mol. The zero-order valence-corrected chi connectivity index (χ0v) is 8.20. The van der Waals surface area contributed by atoms with Crippen molar-refractivity contribution >= 4 is 12.0 Å². The highest BCUT2D eigenvalue weighted by Gasteiger charge is 2.14. The van der Waals surface area contributed by atoms with Crippen LogP contribution in [-0.4, -0.2) is 18.2 Å². The predicted octanol–water partition coefficient (Wildman–Crippen LogP) is 2.34. The van der Waals surface area contributed by atoms with E-state index in [2.05, 4.69) is 6.58 Å². The fraction of sp³-hybridized carbons (Fsp3) is 0.182. The van der Waals surface area contributed by atoms with Gasteiger partial charge < -0.3 is 9.84 Å². The molecule has 0 atom stereocenters. The summed E-state index contributed by atoms with van der Waals surface area (Å²) in [6.07, 6.45) is 1.65. The molecule has 3 heteroatoms. The monoisotopic (exact) mass is 192 g/mol. The minimum absolute atomic E-state index is 0.207. The molecule has 1 rings (SSSR count). The molecule has 0 aliphatic carbocycles. The second-order valence-electron chi connectivity index (χ2n) is 2.92. The molecule has 0 unspecified atom stereocenters. The van der Waals surface area contributed by atoms with Crippen molar-refractivity contribution < 1.29 is 14.6 Å². The van der Waals surface area contributed by atoms with Gasteiger partial charge >= 0.3 is 5.97 Å². The van der Waals surface area contributed by atoms with E-state index in [1.165, 1.54) is 7.11 Å². The third kappa shape index (κ3) is 1.76. The first kappa shape index (κ1) is 10.3. The van der Waals surface area contributed by atoms with E-state index in [1.807, 2.05) is 0 Å². The van der Waals surface area contributed by atoms with Crippen LogP contribution in [-0.2, 0) is 0 Å². The molecule has 14 heavy (non-hydrogen) atoms. The highest BCUT2D eigenvalue weighted by Crippen LogP contribution is 2.24. The first-order valence-corrected chi connectivity index (χ1v) is 4.14. The van der Waals surface area contributed by atoms with E-state index in [9.17, 15) is 4.79 Å². The van der Waals surface area contributed by atoms with Crippen LogP contribution in [0.3, 0.4) is 0 Å². The third-order valence-electron chi connectivity index (χ3n) is 1.99. The Kier molecular flexibility index (Phi) is 2.92. The number of aromatic carboxylic acids is 1. The summed E-state index contributed by atoms with van der Waals surface area (Å²) in [7, 11) is 1.45. The Balaban J connectivity index is 3.42. The van der Waals surface area contributed by atoms with Gasteiger partial charge in [-0.1, -0.05) is 18.7 Å². The Bertz CT molecular complexity index is 380. The fourth-order valence-corrected chi connectivity index (χ4v) is 1.33. The number of benzene rings is 1. The SMILES string of the molecule is C=Cc1cc(C)c(C(=O)O)c(OC)c1. The Morgan fingerprint density at radius 3 is 2.64 bits per heavy atom. The second-order valence-corrected chi connectivity index (χ2v) is 2.92. The van der Waals surface area contributed by atoms with E-state index < -0.39 is 5.97 Å². The number of methoxy groups -OCH3 is 1. The van der Waals surface area contributed by atoms with E-state index in [1.54, 1.807) is 25.1 Å². The minimum Gasteiger partial charge on any atom is -0.496 e. The molecule has 0 saturated carbocycles. The molecule has 1 N–H and O–H groups in total. The minimum atomic E-state index is -0.977. The first-order chi connectivity index (χ1) is 6.60. The molecule has 0 bridgehead atoms. The van der Waals surface area contributed by atoms with E-state index in [0.29, 0.717) is 11.3 Å². The quantitative estimate of drug-likeness (QED) is 0.799. The molecular formula is C11H12O3.